The van der Waals surface area contributed by atoms with Crippen molar-refractivity contribution in [3.63, 3.8) is 0 Å². The minimum Gasteiger partial charge on any atom is -0.384 e. The molecule has 1 aliphatic rings. The molecular formula is C14H12ClN5O. The summed E-state index contributed by atoms with van der Waals surface area (Å²) < 4.78 is 0. The number of aromatic nitrogens is 3. The van der Waals surface area contributed by atoms with E-state index in [9.17, 15) is 5.11 Å². The molecule has 7 heteroatoms. The zero-order valence-electron chi connectivity index (χ0n) is 11.3. The summed E-state index contributed by atoms with van der Waals surface area (Å²) in [7, 11) is 0. The molecule has 2 heterocycles. The summed E-state index contributed by atoms with van der Waals surface area (Å²) in [6, 6.07) is 5.70. The number of hydrogen-bond acceptors (Lipinski definition) is 6. The van der Waals surface area contributed by atoms with Crippen molar-refractivity contribution in [2.24, 2.45) is 0 Å². The maximum Gasteiger partial charge on any atom is 0.224 e. The van der Waals surface area contributed by atoms with Gasteiger partial charge in [0.05, 0.1) is 11.9 Å². The number of nitriles is 1. The largest absolute Gasteiger partial charge is 0.384 e. The van der Waals surface area contributed by atoms with E-state index in [2.05, 4.69) is 20.3 Å². The summed E-state index contributed by atoms with van der Waals surface area (Å²) in [6.07, 6.45) is 2.81. The molecule has 1 atom stereocenters. The quantitative estimate of drug-likeness (QED) is 0.826. The number of hydrogen-bond donors (Lipinski definition) is 2. The van der Waals surface area contributed by atoms with Gasteiger partial charge in [-0.1, -0.05) is 6.07 Å². The predicted molar refractivity (Wildman–Crippen MR) is 77.2 cm³/mol. The van der Waals surface area contributed by atoms with E-state index in [1.165, 1.54) is 6.20 Å². The number of halogens is 1. The van der Waals surface area contributed by atoms with Crippen molar-refractivity contribution in [1.82, 2.24) is 15.0 Å². The van der Waals surface area contributed by atoms with Gasteiger partial charge in [0.1, 0.15) is 23.1 Å². The molecule has 0 amide bonds. The molecular weight excluding hydrogens is 290 g/mol. The standard InChI is InChI=1S/C14H12ClN5O/c1-14(21)5-4-8-2-3-10(18-11(8)14)19-12-9(6-16)7-17-13(15)20-12/h2-3,7,21H,4-5H2,1H3,(H,17,18,19,20). The van der Waals surface area contributed by atoms with Crippen molar-refractivity contribution < 1.29 is 5.11 Å². The molecule has 2 N–H and O–H groups in total. The van der Waals surface area contributed by atoms with Crippen molar-refractivity contribution in [2.75, 3.05) is 5.32 Å². The number of nitrogens with zero attached hydrogens (tertiary/aromatic N) is 4. The molecule has 0 aromatic carbocycles. The van der Waals surface area contributed by atoms with Gasteiger partial charge in [-0.15, -0.1) is 0 Å². The van der Waals surface area contributed by atoms with Crippen LogP contribution in [0, 0.1) is 11.3 Å². The second kappa shape index (κ2) is 4.95. The third-order valence-corrected chi connectivity index (χ3v) is 3.68. The Bertz CT molecular complexity index is 754. The average Bonchev–Trinajstić information content (AvgIpc) is 2.75. The zero-order chi connectivity index (χ0) is 15.0. The lowest BCUT2D eigenvalue weighted by atomic mass is 10.0. The fourth-order valence-electron chi connectivity index (χ4n) is 2.38. The van der Waals surface area contributed by atoms with Gasteiger partial charge in [0.25, 0.3) is 0 Å². The fourth-order valence-corrected chi connectivity index (χ4v) is 2.51. The number of nitrogens with one attached hydrogen (secondary N) is 1. The zero-order valence-corrected chi connectivity index (χ0v) is 12.0. The lowest BCUT2D eigenvalue weighted by Crippen LogP contribution is -2.18. The van der Waals surface area contributed by atoms with Gasteiger partial charge in [0, 0.05) is 0 Å². The highest BCUT2D eigenvalue weighted by molar-refractivity contribution is 6.28. The van der Waals surface area contributed by atoms with Crippen molar-refractivity contribution in [2.45, 2.75) is 25.4 Å². The summed E-state index contributed by atoms with van der Waals surface area (Å²) in [5, 5.41) is 22.3. The summed E-state index contributed by atoms with van der Waals surface area (Å²) >= 11 is 5.75. The molecule has 0 saturated heterocycles. The molecule has 21 heavy (non-hydrogen) atoms. The van der Waals surface area contributed by atoms with Crippen molar-refractivity contribution in [3.05, 3.63) is 40.4 Å². The van der Waals surface area contributed by atoms with Crippen LogP contribution in [0.3, 0.4) is 0 Å². The second-order valence-electron chi connectivity index (χ2n) is 5.12. The van der Waals surface area contributed by atoms with Crippen LogP contribution in [0.25, 0.3) is 0 Å². The summed E-state index contributed by atoms with van der Waals surface area (Å²) in [6.45, 7) is 1.75. The Kier molecular flexibility index (Phi) is 3.24. The smallest absolute Gasteiger partial charge is 0.224 e. The minimum atomic E-state index is -0.922. The topological polar surface area (TPSA) is 94.7 Å². The van der Waals surface area contributed by atoms with Gasteiger partial charge < -0.3 is 10.4 Å². The van der Waals surface area contributed by atoms with E-state index in [-0.39, 0.29) is 10.8 Å². The van der Waals surface area contributed by atoms with Crippen LogP contribution in [0.1, 0.15) is 30.2 Å². The van der Waals surface area contributed by atoms with Gasteiger partial charge >= 0.3 is 0 Å². The first-order valence-corrected chi connectivity index (χ1v) is 6.80. The number of anilines is 2. The SMILES string of the molecule is CC1(O)CCc2ccc(Nc3nc(Cl)ncc3C#N)nc21. The number of aliphatic hydroxyl groups is 1. The third-order valence-electron chi connectivity index (χ3n) is 3.50. The van der Waals surface area contributed by atoms with E-state index in [0.717, 1.165) is 12.0 Å². The molecule has 0 radical (unpaired) electrons. The van der Waals surface area contributed by atoms with Gasteiger partial charge in [-0.05, 0) is 43.0 Å². The molecule has 2 aromatic heterocycles. The van der Waals surface area contributed by atoms with E-state index in [4.69, 9.17) is 16.9 Å². The Balaban J connectivity index is 1.97. The number of pyridine rings is 1. The average molecular weight is 302 g/mol. The normalized spacial score (nSPS) is 19.9. The first-order chi connectivity index (χ1) is 9.99. The summed E-state index contributed by atoms with van der Waals surface area (Å²) in [4.78, 5) is 12.2. The molecule has 0 fully saturated rings. The lowest BCUT2D eigenvalue weighted by Gasteiger charge is -2.17. The Morgan fingerprint density at radius 2 is 2.24 bits per heavy atom. The molecule has 1 aliphatic carbocycles. The first kappa shape index (κ1) is 13.7. The molecule has 2 aromatic rings. The van der Waals surface area contributed by atoms with Gasteiger partial charge in [-0.2, -0.15) is 10.2 Å². The molecule has 106 valence electrons. The van der Waals surface area contributed by atoms with Gasteiger partial charge in [-0.25, -0.2) is 9.97 Å². The lowest BCUT2D eigenvalue weighted by molar-refractivity contribution is 0.0555. The van der Waals surface area contributed by atoms with Crippen molar-refractivity contribution in [1.29, 1.82) is 5.26 Å². The van der Waals surface area contributed by atoms with Crippen molar-refractivity contribution >= 4 is 23.2 Å². The molecule has 3 rings (SSSR count). The third kappa shape index (κ3) is 2.53. The minimum absolute atomic E-state index is 0.0460. The van der Waals surface area contributed by atoms with Gasteiger partial charge in [0.2, 0.25) is 5.28 Å². The molecule has 6 nitrogen and oxygen atoms in total. The van der Waals surface area contributed by atoms with Gasteiger partial charge in [-0.3, -0.25) is 0 Å². The highest BCUT2D eigenvalue weighted by Crippen LogP contribution is 2.36. The summed E-state index contributed by atoms with van der Waals surface area (Å²) in [5.41, 5.74) is 1.04. The second-order valence-corrected chi connectivity index (χ2v) is 5.45. The molecule has 0 spiro atoms. The van der Waals surface area contributed by atoms with Crippen LogP contribution in [-0.4, -0.2) is 20.1 Å². The van der Waals surface area contributed by atoms with Crippen LogP contribution in [0.4, 0.5) is 11.6 Å². The highest BCUT2D eigenvalue weighted by atomic mass is 35.5. The van der Waals surface area contributed by atoms with Crippen LogP contribution in [0.2, 0.25) is 5.28 Å². The van der Waals surface area contributed by atoms with E-state index < -0.39 is 5.60 Å². The Morgan fingerprint density at radius 1 is 1.43 bits per heavy atom. The number of fused-ring (bicyclic) bond motifs is 1. The Labute approximate surface area is 126 Å². The van der Waals surface area contributed by atoms with E-state index >= 15 is 0 Å². The van der Waals surface area contributed by atoms with Crippen LogP contribution in [-0.2, 0) is 12.0 Å². The first-order valence-electron chi connectivity index (χ1n) is 6.42. The van der Waals surface area contributed by atoms with Crippen LogP contribution in [0.5, 0.6) is 0 Å². The van der Waals surface area contributed by atoms with E-state index in [0.29, 0.717) is 23.8 Å². The van der Waals surface area contributed by atoms with Crippen LogP contribution in [0.15, 0.2) is 18.3 Å². The van der Waals surface area contributed by atoms with Crippen LogP contribution >= 0.6 is 11.6 Å². The van der Waals surface area contributed by atoms with Crippen molar-refractivity contribution in [3.8, 4) is 6.07 Å². The predicted octanol–water partition coefficient (Wildman–Crippen LogP) is 2.29. The monoisotopic (exact) mass is 301 g/mol. The molecule has 1 unspecified atom stereocenters. The summed E-state index contributed by atoms with van der Waals surface area (Å²) in [5.74, 6) is 0.796. The highest BCUT2D eigenvalue weighted by Gasteiger charge is 2.33. The molecule has 0 aliphatic heterocycles. The Hall–Kier alpha value is -2.23. The van der Waals surface area contributed by atoms with E-state index in [1.54, 1.807) is 13.0 Å². The number of aryl methyl sites for hydroxylation is 1. The Morgan fingerprint density at radius 3 is 3.00 bits per heavy atom. The molecule has 0 bridgehead atoms. The maximum atomic E-state index is 10.3. The van der Waals surface area contributed by atoms with Crippen LogP contribution < -0.4 is 5.32 Å². The number of rotatable bonds is 2. The maximum absolute atomic E-state index is 10.3. The fraction of sp³-hybridized carbons (Fsp3) is 0.286. The van der Waals surface area contributed by atoms with Gasteiger partial charge in [0.15, 0.2) is 5.82 Å². The molecule has 0 saturated carbocycles. The van der Waals surface area contributed by atoms with E-state index in [1.807, 2.05) is 12.1 Å².